The number of rotatable bonds is 1. The van der Waals surface area contributed by atoms with Gasteiger partial charge in [-0.05, 0) is 24.1 Å². The minimum Gasteiger partial charge on any atom is -0.315 e. The van der Waals surface area contributed by atoms with Gasteiger partial charge < -0.3 is 5.73 Å². The molecule has 2 rings (SSSR count). The van der Waals surface area contributed by atoms with Crippen LogP contribution in [0, 0.1) is 0 Å². The van der Waals surface area contributed by atoms with Gasteiger partial charge in [0.25, 0.3) is 0 Å². The summed E-state index contributed by atoms with van der Waals surface area (Å²) in [6.07, 6.45) is 4.56. The van der Waals surface area contributed by atoms with E-state index in [2.05, 4.69) is 15.8 Å². The van der Waals surface area contributed by atoms with Crippen LogP contribution in [0.5, 0.6) is 0 Å². The average Bonchev–Trinajstić information content (AvgIpc) is 2.54. The lowest BCUT2D eigenvalue weighted by Gasteiger charge is -2.07. The lowest BCUT2D eigenvalue weighted by molar-refractivity contribution is 0.551. The van der Waals surface area contributed by atoms with Crippen LogP contribution in [0.3, 0.4) is 0 Å². The van der Waals surface area contributed by atoms with E-state index in [1.165, 1.54) is 5.56 Å². The van der Waals surface area contributed by atoms with Crippen LogP contribution in [0.25, 0.3) is 0 Å². The molecule has 1 saturated heterocycles. The molecule has 0 amide bonds. The van der Waals surface area contributed by atoms with Crippen LogP contribution in [0.15, 0.2) is 24.5 Å². The van der Waals surface area contributed by atoms with Gasteiger partial charge in [0.15, 0.2) is 0 Å². The molecule has 0 spiro atoms. The van der Waals surface area contributed by atoms with Crippen molar-refractivity contribution in [3.05, 3.63) is 30.1 Å². The van der Waals surface area contributed by atoms with Gasteiger partial charge in [0.2, 0.25) is 0 Å². The molecule has 64 valence electrons. The van der Waals surface area contributed by atoms with E-state index >= 15 is 0 Å². The highest BCUT2D eigenvalue weighted by atomic mass is 15.4. The Morgan fingerprint density at radius 2 is 2.08 bits per heavy atom. The minimum absolute atomic E-state index is 0.0585. The highest BCUT2D eigenvalue weighted by Crippen LogP contribution is 2.18. The van der Waals surface area contributed by atoms with E-state index in [-0.39, 0.29) is 6.17 Å². The Balaban J connectivity index is 2.11. The fraction of sp³-hybridized carbons (Fsp3) is 0.375. The molecule has 1 aromatic heterocycles. The van der Waals surface area contributed by atoms with Gasteiger partial charge in [0, 0.05) is 18.4 Å². The van der Waals surface area contributed by atoms with Crippen molar-refractivity contribution in [1.29, 1.82) is 0 Å². The molecule has 12 heavy (non-hydrogen) atoms. The van der Waals surface area contributed by atoms with Crippen molar-refractivity contribution in [2.24, 2.45) is 5.73 Å². The van der Waals surface area contributed by atoms with E-state index < -0.39 is 0 Å². The van der Waals surface area contributed by atoms with Gasteiger partial charge in [-0.3, -0.25) is 4.98 Å². The Labute approximate surface area is 71.1 Å². The number of nitrogens with two attached hydrogens (primary N) is 1. The highest BCUT2D eigenvalue weighted by molar-refractivity contribution is 5.16. The SMILES string of the molecule is NC1CC(c2ccncc2)NN1. The molecule has 4 nitrogen and oxygen atoms in total. The molecule has 0 bridgehead atoms. The zero-order valence-corrected chi connectivity index (χ0v) is 6.70. The molecule has 2 unspecified atom stereocenters. The zero-order chi connectivity index (χ0) is 8.39. The third-order valence-electron chi connectivity index (χ3n) is 2.04. The monoisotopic (exact) mass is 164 g/mol. The summed E-state index contributed by atoms with van der Waals surface area (Å²) in [7, 11) is 0. The van der Waals surface area contributed by atoms with Crippen LogP contribution in [-0.4, -0.2) is 11.1 Å². The molecule has 1 aromatic rings. The molecule has 1 aliphatic heterocycles. The van der Waals surface area contributed by atoms with Crippen molar-refractivity contribution in [2.75, 3.05) is 0 Å². The lowest BCUT2D eigenvalue weighted by Crippen LogP contribution is -2.36. The predicted octanol–water partition coefficient (Wildman–Crippen LogP) is -0.0946. The number of hydrazine groups is 1. The van der Waals surface area contributed by atoms with Crippen molar-refractivity contribution in [3.8, 4) is 0 Å². The first-order valence-corrected chi connectivity index (χ1v) is 4.03. The third kappa shape index (κ3) is 1.45. The van der Waals surface area contributed by atoms with Gasteiger partial charge in [0.1, 0.15) is 0 Å². The van der Waals surface area contributed by atoms with Crippen LogP contribution in [0.1, 0.15) is 18.0 Å². The summed E-state index contributed by atoms with van der Waals surface area (Å²) < 4.78 is 0. The van der Waals surface area contributed by atoms with E-state index in [1.54, 1.807) is 12.4 Å². The van der Waals surface area contributed by atoms with Crippen LogP contribution in [0.4, 0.5) is 0 Å². The van der Waals surface area contributed by atoms with Gasteiger partial charge in [0.05, 0.1) is 6.17 Å². The highest BCUT2D eigenvalue weighted by Gasteiger charge is 2.21. The molecule has 0 aliphatic carbocycles. The van der Waals surface area contributed by atoms with Crippen LogP contribution in [-0.2, 0) is 0 Å². The van der Waals surface area contributed by atoms with E-state index in [0.29, 0.717) is 6.04 Å². The summed E-state index contributed by atoms with van der Waals surface area (Å²) in [6, 6.07) is 4.32. The minimum atomic E-state index is 0.0585. The van der Waals surface area contributed by atoms with Gasteiger partial charge in [-0.25, -0.2) is 10.9 Å². The van der Waals surface area contributed by atoms with Crippen molar-refractivity contribution < 1.29 is 0 Å². The maximum absolute atomic E-state index is 5.67. The second kappa shape index (κ2) is 3.18. The van der Waals surface area contributed by atoms with Crippen molar-refractivity contribution >= 4 is 0 Å². The van der Waals surface area contributed by atoms with Crippen LogP contribution in [0.2, 0.25) is 0 Å². The molecule has 4 heteroatoms. The van der Waals surface area contributed by atoms with Crippen LogP contribution < -0.4 is 16.6 Å². The fourth-order valence-electron chi connectivity index (χ4n) is 1.39. The molecular formula is C8H12N4. The number of pyridine rings is 1. The largest absolute Gasteiger partial charge is 0.315 e. The lowest BCUT2D eigenvalue weighted by atomic mass is 10.1. The van der Waals surface area contributed by atoms with Crippen molar-refractivity contribution in [2.45, 2.75) is 18.6 Å². The van der Waals surface area contributed by atoms with Gasteiger partial charge in [-0.2, -0.15) is 0 Å². The number of nitrogens with one attached hydrogen (secondary N) is 2. The first-order valence-electron chi connectivity index (χ1n) is 4.03. The summed E-state index contributed by atoms with van der Waals surface area (Å²) in [6.45, 7) is 0. The summed E-state index contributed by atoms with van der Waals surface area (Å²) >= 11 is 0. The Morgan fingerprint density at radius 1 is 1.33 bits per heavy atom. The maximum Gasteiger partial charge on any atom is 0.0698 e. The smallest absolute Gasteiger partial charge is 0.0698 e. The summed E-state index contributed by atoms with van der Waals surface area (Å²) in [5.74, 6) is 0. The second-order valence-corrected chi connectivity index (χ2v) is 2.96. The number of nitrogens with zero attached hydrogens (tertiary/aromatic N) is 1. The molecule has 0 aromatic carbocycles. The number of aromatic nitrogens is 1. The van der Waals surface area contributed by atoms with Gasteiger partial charge >= 0.3 is 0 Å². The standard InChI is InChI=1S/C8H12N4/c9-8-5-7(11-12-8)6-1-3-10-4-2-6/h1-4,7-8,11-12H,5,9H2. The predicted molar refractivity (Wildman–Crippen MR) is 45.8 cm³/mol. The van der Waals surface area contributed by atoms with E-state index in [9.17, 15) is 0 Å². The van der Waals surface area contributed by atoms with E-state index in [4.69, 9.17) is 5.73 Å². The molecule has 1 fully saturated rings. The Morgan fingerprint density at radius 3 is 2.67 bits per heavy atom. The quantitative estimate of drug-likeness (QED) is 0.542. The zero-order valence-electron chi connectivity index (χ0n) is 6.70. The molecule has 2 atom stereocenters. The number of hydrogen-bond donors (Lipinski definition) is 3. The Bertz CT molecular complexity index is 248. The third-order valence-corrected chi connectivity index (χ3v) is 2.04. The maximum atomic E-state index is 5.67. The van der Waals surface area contributed by atoms with E-state index in [1.807, 2.05) is 12.1 Å². The van der Waals surface area contributed by atoms with Crippen LogP contribution >= 0.6 is 0 Å². The average molecular weight is 164 g/mol. The first-order chi connectivity index (χ1) is 5.86. The van der Waals surface area contributed by atoms with Crippen molar-refractivity contribution in [3.63, 3.8) is 0 Å². The topological polar surface area (TPSA) is 63.0 Å². The molecule has 4 N–H and O–H groups in total. The fourth-order valence-corrected chi connectivity index (χ4v) is 1.39. The first kappa shape index (κ1) is 7.67. The Kier molecular flexibility index (Phi) is 2.03. The molecule has 2 heterocycles. The van der Waals surface area contributed by atoms with Crippen molar-refractivity contribution in [1.82, 2.24) is 15.8 Å². The number of hydrogen-bond acceptors (Lipinski definition) is 4. The molecule has 1 aliphatic rings. The normalized spacial score (nSPS) is 29.1. The van der Waals surface area contributed by atoms with E-state index in [0.717, 1.165) is 6.42 Å². The van der Waals surface area contributed by atoms with Gasteiger partial charge in [-0.15, -0.1) is 0 Å². The molecule has 0 radical (unpaired) electrons. The molecule has 0 saturated carbocycles. The van der Waals surface area contributed by atoms with Gasteiger partial charge in [-0.1, -0.05) is 0 Å². The summed E-state index contributed by atoms with van der Waals surface area (Å²) in [5.41, 5.74) is 13.0. The molecular weight excluding hydrogens is 152 g/mol. The second-order valence-electron chi connectivity index (χ2n) is 2.96. The summed E-state index contributed by atoms with van der Waals surface area (Å²) in [4.78, 5) is 3.96. The summed E-state index contributed by atoms with van der Waals surface area (Å²) in [5, 5.41) is 0. The Hall–Kier alpha value is -0.970.